The number of methoxy groups -OCH3 is 2. The highest BCUT2D eigenvalue weighted by atomic mass is 35.5. The maximum atomic E-state index is 6.13. The summed E-state index contributed by atoms with van der Waals surface area (Å²) in [6, 6.07) is 1.62. The van der Waals surface area contributed by atoms with Gasteiger partial charge >= 0.3 is 0 Å². The highest BCUT2D eigenvalue weighted by Gasteiger charge is 2.11. The maximum absolute atomic E-state index is 6.13. The van der Waals surface area contributed by atoms with E-state index in [9.17, 15) is 0 Å². The molecule has 0 aliphatic heterocycles. The lowest BCUT2D eigenvalue weighted by atomic mass is 10.1. The van der Waals surface area contributed by atoms with Crippen molar-refractivity contribution >= 4 is 17.5 Å². The third kappa shape index (κ3) is 4.26. The molecule has 1 unspecified atom stereocenters. The number of aromatic nitrogens is 2. The summed E-state index contributed by atoms with van der Waals surface area (Å²) in [5.41, 5.74) is 0. The molecule has 17 heavy (non-hydrogen) atoms. The molecule has 96 valence electrons. The number of nitrogens with one attached hydrogen (secondary N) is 1. The number of anilines is 1. The van der Waals surface area contributed by atoms with Crippen LogP contribution in [0.4, 0.5) is 5.95 Å². The molecule has 1 atom stereocenters. The van der Waals surface area contributed by atoms with Gasteiger partial charge < -0.3 is 14.8 Å². The Kier molecular flexibility index (Phi) is 5.28. The van der Waals surface area contributed by atoms with Crippen molar-refractivity contribution in [3.8, 4) is 11.8 Å². The Labute approximate surface area is 107 Å². The zero-order valence-corrected chi connectivity index (χ0v) is 11.3. The van der Waals surface area contributed by atoms with Crippen molar-refractivity contribution in [3.63, 3.8) is 0 Å². The number of rotatable bonds is 6. The molecule has 0 aliphatic carbocycles. The number of halogens is 1. The second-order valence-corrected chi connectivity index (χ2v) is 4.48. The van der Waals surface area contributed by atoms with Crippen LogP contribution in [-0.2, 0) is 0 Å². The van der Waals surface area contributed by atoms with Crippen LogP contribution < -0.4 is 14.8 Å². The fraction of sp³-hybridized carbons (Fsp3) is 0.636. The predicted octanol–water partition coefficient (Wildman–Crippen LogP) is 2.17. The quantitative estimate of drug-likeness (QED) is 0.794. The summed E-state index contributed by atoms with van der Waals surface area (Å²) in [6.45, 7) is 4.72. The highest BCUT2D eigenvalue weighted by molar-refractivity contribution is 6.21. The zero-order chi connectivity index (χ0) is 12.8. The number of ether oxygens (including phenoxy) is 2. The second-order valence-electron chi connectivity index (χ2n) is 3.92. The summed E-state index contributed by atoms with van der Waals surface area (Å²) < 4.78 is 10.1. The van der Waals surface area contributed by atoms with E-state index in [1.165, 1.54) is 0 Å². The van der Waals surface area contributed by atoms with E-state index >= 15 is 0 Å². The number of hydrogen-bond acceptors (Lipinski definition) is 5. The second kappa shape index (κ2) is 6.49. The molecule has 0 saturated carbocycles. The fourth-order valence-corrected chi connectivity index (χ4v) is 1.19. The molecule has 5 nitrogen and oxygen atoms in total. The Morgan fingerprint density at radius 2 is 1.76 bits per heavy atom. The van der Waals surface area contributed by atoms with E-state index in [1.54, 1.807) is 20.3 Å². The van der Waals surface area contributed by atoms with Gasteiger partial charge in [0.25, 0.3) is 0 Å². The largest absolute Gasteiger partial charge is 0.481 e. The van der Waals surface area contributed by atoms with Crippen LogP contribution in [0.25, 0.3) is 0 Å². The van der Waals surface area contributed by atoms with Gasteiger partial charge in [-0.25, -0.2) is 0 Å². The molecule has 0 aromatic carbocycles. The summed E-state index contributed by atoms with van der Waals surface area (Å²) in [5.74, 6) is 1.74. The SMILES string of the molecule is COc1cc(OC)nc(NCC(Cl)C(C)C)n1. The molecule has 0 amide bonds. The first-order valence-electron chi connectivity index (χ1n) is 5.41. The van der Waals surface area contributed by atoms with Crippen molar-refractivity contribution in [2.45, 2.75) is 19.2 Å². The van der Waals surface area contributed by atoms with Crippen LogP contribution in [0.3, 0.4) is 0 Å². The average Bonchev–Trinajstić information content (AvgIpc) is 2.35. The summed E-state index contributed by atoms with van der Waals surface area (Å²) in [5, 5.41) is 3.08. The third-order valence-corrected chi connectivity index (χ3v) is 2.93. The van der Waals surface area contributed by atoms with Gasteiger partial charge in [-0.1, -0.05) is 13.8 Å². The fourth-order valence-electron chi connectivity index (χ4n) is 1.12. The van der Waals surface area contributed by atoms with Gasteiger partial charge in [-0.2, -0.15) is 9.97 Å². The van der Waals surface area contributed by atoms with E-state index in [1.807, 2.05) is 0 Å². The number of alkyl halides is 1. The highest BCUT2D eigenvalue weighted by Crippen LogP contribution is 2.18. The van der Waals surface area contributed by atoms with Gasteiger partial charge in [0.1, 0.15) is 0 Å². The summed E-state index contributed by atoms with van der Waals surface area (Å²) in [7, 11) is 3.09. The lowest BCUT2D eigenvalue weighted by molar-refractivity contribution is 0.372. The van der Waals surface area contributed by atoms with Crippen LogP contribution in [0.15, 0.2) is 6.07 Å². The molecule has 0 radical (unpaired) electrons. The van der Waals surface area contributed by atoms with Gasteiger partial charge in [-0.05, 0) is 5.92 Å². The minimum atomic E-state index is 0.0239. The average molecular weight is 260 g/mol. The van der Waals surface area contributed by atoms with Crippen molar-refractivity contribution in [1.29, 1.82) is 0 Å². The van der Waals surface area contributed by atoms with Crippen molar-refractivity contribution in [3.05, 3.63) is 6.07 Å². The molecule has 1 aromatic rings. The van der Waals surface area contributed by atoms with E-state index in [0.29, 0.717) is 30.2 Å². The monoisotopic (exact) mass is 259 g/mol. The van der Waals surface area contributed by atoms with Crippen molar-refractivity contribution < 1.29 is 9.47 Å². The molecule has 0 fully saturated rings. The van der Waals surface area contributed by atoms with E-state index in [2.05, 4.69) is 29.1 Å². The Bertz CT molecular complexity index is 338. The molecule has 6 heteroatoms. The zero-order valence-electron chi connectivity index (χ0n) is 10.5. The first-order chi connectivity index (χ1) is 8.06. The molecule has 0 spiro atoms. The van der Waals surface area contributed by atoms with Crippen LogP contribution in [0.1, 0.15) is 13.8 Å². The molecule has 0 saturated heterocycles. The standard InChI is InChI=1S/C11H18ClN3O2/c1-7(2)8(12)6-13-11-14-9(16-3)5-10(15-11)17-4/h5,7-8H,6H2,1-4H3,(H,13,14,15). The Morgan fingerprint density at radius 3 is 2.18 bits per heavy atom. The molecule has 1 aromatic heterocycles. The molecule has 0 aliphatic rings. The first kappa shape index (κ1) is 13.8. The summed E-state index contributed by atoms with van der Waals surface area (Å²) in [6.07, 6.45) is 0. The first-order valence-corrected chi connectivity index (χ1v) is 5.85. The molecular weight excluding hydrogens is 242 g/mol. The van der Waals surface area contributed by atoms with Crippen LogP contribution in [0.5, 0.6) is 11.8 Å². The lowest BCUT2D eigenvalue weighted by Crippen LogP contribution is -2.20. The van der Waals surface area contributed by atoms with Gasteiger partial charge in [0.15, 0.2) is 0 Å². The van der Waals surface area contributed by atoms with Gasteiger partial charge in [-0.3, -0.25) is 0 Å². The smallest absolute Gasteiger partial charge is 0.229 e. The molecule has 1 heterocycles. The minimum Gasteiger partial charge on any atom is -0.481 e. The van der Waals surface area contributed by atoms with Crippen LogP contribution in [0, 0.1) is 5.92 Å². The van der Waals surface area contributed by atoms with Crippen LogP contribution >= 0.6 is 11.6 Å². The van der Waals surface area contributed by atoms with Crippen LogP contribution in [0.2, 0.25) is 0 Å². The topological polar surface area (TPSA) is 56.3 Å². The van der Waals surface area contributed by atoms with Crippen molar-refractivity contribution in [2.75, 3.05) is 26.1 Å². The van der Waals surface area contributed by atoms with Gasteiger partial charge in [0, 0.05) is 6.54 Å². The van der Waals surface area contributed by atoms with Gasteiger partial charge in [0.05, 0.1) is 25.7 Å². The Morgan fingerprint density at radius 1 is 1.24 bits per heavy atom. The van der Waals surface area contributed by atoms with E-state index in [0.717, 1.165) is 0 Å². The van der Waals surface area contributed by atoms with Gasteiger partial charge in [0.2, 0.25) is 17.7 Å². The van der Waals surface area contributed by atoms with Crippen molar-refractivity contribution in [2.24, 2.45) is 5.92 Å². The third-order valence-electron chi connectivity index (χ3n) is 2.28. The number of nitrogens with zero attached hydrogens (tertiary/aromatic N) is 2. The maximum Gasteiger partial charge on any atom is 0.229 e. The Balaban J connectivity index is 2.70. The molecular formula is C11H18ClN3O2. The van der Waals surface area contributed by atoms with Crippen LogP contribution in [-0.4, -0.2) is 36.1 Å². The lowest BCUT2D eigenvalue weighted by Gasteiger charge is -2.14. The van der Waals surface area contributed by atoms with Crippen molar-refractivity contribution in [1.82, 2.24) is 9.97 Å². The van der Waals surface area contributed by atoms with Gasteiger partial charge in [-0.15, -0.1) is 11.6 Å². The van der Waals surface area contributed by atoms with E-state index in [-0.39, 0.29) is 5.38 Å². The molecule has 0 bridgehead atoms. The molecule has 1 rings (SSSR count). The van der Waals surface area contributed by atoms with E-state index < -0.39 is 0 Å². The molecule has 1 N–H and O–H groups in total. The number of hydrogen-bond donors (Lipinski definition) is 1. The summed E-state index contributed by atoms with van der Waals surface area (Å²) >= 11 is 6.13. The summed E-state index contributed by atoms with van der Waals surface area (Å²) in [4.78, 5) is 8.30. The predicted molar refractivity (Wildman–Crippen MR) is 68.1 cm³/mol. The minimum absolute atomic E-state index is 0.0239. The van der Waals surface area contributed by atoms with E-state index in [4.69, 9.17) is 21.1 Å². The normalized spacial score (nSPS) is 12.4. The Hall–Kier alpha value is -1.23.